The number of hydrogen-bond donors (Lipinski definition) is 0. The first-order chi connectivity index (χ1) is 53.5. The van der Waals surface area contributed by atoms with Gasteiger partial charge < -0.3 is 18.9 Å². The van der Waals surface area contributed by atoms with Crippen LogP contribution in [0.15, 0.2) is 425 Å². The van der Waals surface area contributed by atoms with Crippen LogP contribution in [-0.2, 0) is 0 Å². The zero-order valence-corrected chi connectivity index (χ0v) is 59.2. The topological polar surface area (TPSA) is 16.3 Å². The van der Waals surface area contributed by atoms with Gasteiger partial charge in [0, 0.05) is 66.4 Å². The summed E-state index contributed by atoms with van der Waals surface area (Å²) in [7, 11) is 0. The van der Waals surface area contributed by atoms with E-state index in [-0.39, 0.29) is 0 Å². The van der Waals surface area contributed by atoms with Gasteiger partial charge in [-0.3, -0.25) is 0 Å². The minimum absolute atomic E-state index is 1.08. The Morgan fingerprint density at radius 2 is 0.463 bits per heavy atom. The molecular weight excluding hydrogens is 1310 g/mol. The van der Waals surface area contributed by atoms with Crippen molar-refractivity contribution >= 4 is 99.3 Å². The zero-order valence-electron chi connectivity index (χ0n) is 59.2. The molecule has 18 aromatic carbocycles. The Morgan fingerprint density at radius 3 is 0.926 bits per heavy atom. The number of para-hydroxylation sites is 5. The van der Waals surface area contributed by atoms with Gasteiger partial charge in [-0.1, -0.05) is 297 Å². The number of rotatable bonds is 15. The van der Waals surface area contributed by atoms with E-state index in [9.17, 15) is 0 Å². The zero-order chi connectivity index (χ0) is 71.4. The molecule has 0 aliphatic heterocycles. The Bertz CT molecular complexity index is 6680. The molecule has 0 fully saturated rings. The highest BCUT2D eigenvalue weighted by molar-refractivity contribution is 6.13. The molecule has 0 N–H and O–H groups in total. The second-order valence-corrected chi connectivity index (χ2v) is 28.0. The fourth-order valence-corrected chi connectivity index (χ4v) is 16.4. The number of aromatic nitrogens is 2. The van der Waals surface area contributed by atoms with Crippen LogP contribution in [0.1, 0.15) is 0 Å². The average molecular weight is 1380 g/mol. The summed E-state index contributed by atoms with van der Waals surface area (Å²) in [6.07, 6.45) is 0. The van der Waals surface area contributed by atoms with Gasteiger partial charge in [-0.25, -0.2) is 0 Å². The lowest BCUT2D eigenvalue weighted by Gasteiger charge is -2.27. The molecule has 0 saturated carbocycles. The smallest absolute Gasteiger partial charge is 0.0541 e. The molecule has 20 rings (SSSR count). The van der Waals surface area contributed by atoms with E-state index in [1.165, 1.54) is 137 Å². The van der Waals surface area contributed by atoms with Gasteiger partial charge in [0.2, 0.25) is 0 Å². The van der Waals surface area contributed by atoms with Crippen molar-refractivity contribution in [1.29, 1.82) is 0 Å². The summed E-state index contributed by atoms with van der Waals surface area (Å²) in [5, 5.41) is 9.77. The first-order valence-electron chi connectivity index (χ1n) is 37.1. The number of fused-ring (bicyclic) bond motifs is 8. The molecule has 20 aromatic rings. The van der Waals surface area contributed by atoms with Crippen molar-refractivity contribution in [3.8, 4) is 89.3 Å². The molecule has 2 aromatic heterocycles. The largest absolute Gasteiger partial charge is 0.310 e. The van der Waals surface area contributed by atoms with E-state index in [4.69, 9.17) is 0 Å². The van der Waals surface area contributed by atoms with Crippen LogP contribution in [0, 0.1) is 0 Å². The van der Waals surface area contributed by atoms with Gasteiger partial charge in [-0.2, -0.15) is 0 Å². The second kappa shape index (κ2) is 27.1. The molecule has 0 amide bonds. The van der Waals surface area contributed by atoms with Gasteiger partial charge in [0.05, 0.1) is 33.4 Å². The van der Waals surface area contributed by atoms with Gasteiger partial charge in [-0.15, -0.1) is 0 Å². The van der Waals surface area contributed by atoms with E-state index < -0.39 is 0 Å². The monoisotopic (exact) mass is 1370 g/mol. The van der Waals surface area contributed by atoms with Crippen molar-refractivity contribution in [2.24, 2.45) is 0 Å². The van der Waals surface area contributed by atoms with Crippen LogP contribution in [-0.4, -0.2) is 9.13 Å². The van der Waals surface area contributed by atoms with Crippen molar-refractivity contribution in [1.82, 2.24) is 9.13 Å². The number of nitrogens with zero attached hydrogens (tertiary/aromatic N) is 4. The number of hydrogen-bond acceptors (Lipinski definition) is 2. The summed E-state index contributed by atoms with van der Waals surface area (Å²) < 4.78 is 4.79. The molecule has 4 nitrogen and oxygen atoms in total. The molecule has 4 heteroatoms. The van der Waals surface area contributed by atoms with E-state index in [0.29, 0.717) is 0 Å². The van der Waals surface area contributed by atoms with Gasteiger partial charge in [0.15, 0.2) is 0 Å². The van der Waals surface area contributed by atoms with Crippen molar-refractivity contribution in [3.63, 3.8) is 0 Å². The van der Waals surface area contributed by atoms with Crippen molar-refractivity contribution < 1.29 is 0 Å². The van der Waals surface area contributed by atoms with Gasteiger partial charge in [0.1, 0.15) is 0 Å². The van der Waals surface area contributed by atoms with Gasteiger partial charge in [-0.05, 0) is 216 Å². The summed E-state index contributed by atoms with van der Waals surface area (Å²) in [5.74, 6) is 0. The van der Waals surface area contributed by atoms with Crippen molar-refractivity contribution in [2.45, 2.75) is 0 Å². The fraction of sp³-hybridized carbons (Fsp3) is 0. The Balaban J connectivity index is 0.548. The van der Waals surface area contributed by atoms with Crippen molar-refractivity contribution in [3.05, 3.63) is 425 Å². The summed E-state index contributed by atoms with van der Waals surface area (Å²) in [6, 6.07) is 155. The molecule has 108 heavy (non-hydrogen) atoms. The van der Waals surface area contributed by atoms with Crippen molar-refractivity contribution in [2.75, 3.05) is 9.80 Å². The standard InChI is InChI=1S/C104H70N4/c1-3-26-85(27-4-1)105(99-39-19-21-79-20-7-8-30-92(79)99)87-59-52-77(53-60-87)80-22-17-24-82(68-80)83-25-18-23-81(69-83)78-54-63-90(64-55-78)108-102-38-16-13-35-97(102)98-70-84(56-66-104(98)108)91-65-67-103(94-32-10-9-31-93(91)94)106(86-28-5-2-6-29-86)88-57-48-75(49-58-88)73-44-40-71(41-45-73)72-42-46-74(47-43-72)76-50-61-89(62-51-76)107-100-36-14-11-33-95(100)96-34-12-15-37-101(96)107/h1-70H. The highest BCUT2D eigenvalue weighted by atomic mass is 15.1. The third-order valence-electron chi connectivity index (χ3n) is 21.7. The summed E-state index contributed by atoms with van der Waals surface area (Å²) in [4.78, 5) is 4.76. The van der Waals surface area contributed by atoms with Gasteiger partial charge in [0.25, 0.3) is 0 Å². The molecule has 0 radical (unpaired) electrons. The van der Waals surface area contributed by atoms with E-state index in [2.05, 4.69) is 444 Å². The fourth-order valence-electron chi connectivity index (χ4n) is 16.4. The van der Waals surface area contributed by atoms with Crippen LogP contribution in [0.2, 0.25) is 0 Å². The first-order valence-corrected chi connectivity index (χ1v) is 37.1. The normalized spacial score (nSPS) is 11.5. The molecular formula is C104H70N4. The quantitative estimate of drug-likeness (QED) is 0.102. The number of benzene rings is 18. The molecule has 0 aliphatic carbocycles. The Morgan fingerprint density at radius 1 is 0.157 bits per heavy atom. The highest BCUT2D eigenvalue weighted by Crippen LogP contribution is 2.46. The van der Waals surface area contributed by atoms with Crippen LogP contribution in [0.5, 0.6) is 0 Å². The van der Waals surface area contributed by atoms with Crippen LogP contribution in [0.4, 0.5) is 34.1 Å². The average Bonchev–Trinajstić information content (AvgIpc) is 1.29. The maximum Gasteiger partial charge on any atom is 0.0541 e. The maximum absolute atomic E-state index is 2.42. The summed E-state index contributed by atoms with van der Waals surface area (Å²) in [6.45, 7) is 0. The lowest BCUT2D eigenvalue weighted by Crippen LogP contribution is -2.10. The molecule has 0 spiro atoms. The molecule has 0 atom stereocenters. The summed E-state index contributed by atoms with van der Waals surface area (Å²) in [5.41, 5.74) is 30.2. The second-order valence-electron chi connectivity index (χ2n) is 28.0. The van der Waals surface area contributed by atoms with E-state index in [0.717, 1.165) is 51.1 Å². The molecule has 0 unspecified atom stereocenters. The van der Waals surface area contributed by atoms with E-state index >= 15 is 0 Å². The lowest BCUT2D eigenvalue weighted by atomic mass is 9.95. The lowest BCUT2D eigenvalue weighted by molar-refractivity contribution is 1.18. The first kappa shape index (κ1) is 63.4. The minimum Gasteiger partial charge on any atom is -0.310 e. The van der Waals surface area contributed by atoms with Crippen LogP contribution in [0.25, 0.3) is 154 Å². The Hall–Kier alpha value is -14.3. The molecule has 506 valence electrons. The van der Waals surface area contributed by atoms with Crippen LogP contribution >= 0.6 is 0 Å². The minimum atomic E-state index is 1.08. The molecule has 0 aliphatic rings. The Labute approximate surface area is 628 Å². The predicted octanol–water partition coefficient (Wildman–Crippen LogP) is 28.8. The van der Waals surface area contributed by atoms with Gasteiger partial charge >= 0.3 is 0 Å². The highest BCUT2D eigenvalue weighted by Gasteiger charge is 2.22. The number of anilines is 6. The third-order valence-corrected chi connectivity index (χ3v) is 21.7. The predicted molar refractivity (Wildman–Crippen MR) is 458 cm³/mol. The SMILES string of the molecule is c1ccc(N(c2ccc(-c3cccc(-c4cccc(-c5ccc(-n6c7ccccc7c7cc(-c8ccc(N(c9ccccc9)c9ccc(-c%10ccc(-c%11ccc(-c%12ccc(-n%13c%14ccccc%14c%14ccccc%14%13)cc%12)cc%11)cc%10)cc9)c9ccccc89)ccc76)cc5)c4)c3)cc2)c2cccc3ccccc23)cc1. The van der Waals surface area contributed by atoms with Crippen LogP contribution < -0.4 is 9.80 Å². The summed E-state index contributed by atoms with van der Waals surface area (Å²) >= 11 is 0. The van der Waals surface area contributed by atoms with E-state index in [1.807, 2.05) is 0 Å². The third kappa shape index (κ3) is 11.4. The Kier molecular flexibility index (Phi) is 15.9. The van der Waals surface area contributed by atoms with E-state index in [1.54, 1.807) is 0 Å². The maximum atomic E-state index is 2.42. The molecule has 0 saturated heterocycles. The van der Waals surface area contributed by atoms with Crippen LogP contribution in [0.3, 0.4) is 0 Å². The molecule has 2 heterocycles. The molecule has 0 bridgehead atoms.